The molecule has 0 radical (unpaired) electrons. The van der Waals surface area contributed by atoms with E-state index in [4.69, 9.17) is 4.74 Å². The van der Waals surface area contributed by atoms with E-state index in [1.807, 2.05) is 60.0 Å². The van der Waals surface area contributed by atoms with Gasteiger partial charge < -0.3 is 4.74 Å². The second-order valence-corrected chi connectivity index (χ2v) is 7.47. The lowest BCUT2D eigenvalue weighted by Gasteiger charge is -2.05. The Morgan fingerprint density at radius 3 is 2.23 bits per heavy atom. The van der Waals surface area contributed by atoms with Crippen molar-refractivity contribution in [3.8, 4) is 22.4 Å². The predicted molar refractivity (Wildman–Crippen MR) is 118 cm³/mol. The van der Waals surface area contributed by atoms with Crippen LogP contribution in [0.1, 0.15) is 10.4 Å². The van der Waals surface area contributed by atoms with Gasteiger partial charge in [-0.3, -0.25) is 10.1 Å². The summed E-state index contributed by atoms with van der Waals surface area (Å²) in [5, 5.41) is 4.87. The van der Waals surface area contributed by atoms with Crippen LogP contribution in [0.2, 0.25) is 0 Å². The van der Waals surface area contributed by atoms with Crippen molar-refractivity contribution in [2.45, 2.75) is 0 Å². The van der Waals surface area contributed by atoms with Gasteiger partial charge in [-0.1, -0.05) is 54.6 Å². The van der Waals surface area contributed by atoms with Gasteiger partial charge in [0.2, 0.25) is 0 Å². The number of hydrogen-bond acceptors (Lipinski definition) is 5. The molecule has 1 aromatic heterocycles. The molecule has 3 aromatic carbocycles. The first-order valence-corrected chi connectivity index (χ1v) is 10.3. The summed E-state index contributed by atoms with van der Waals surface area (Å²) in [6, 6.07) is 23.0. The van der Waals surface area contributed by atoms with Crippen molar-refractivity contribution in [1.29, 1.82) is 0 Å². The van der Waals surface area contributed by atoms with E-state index in [1.54, 1.807) is 0 Å². The number of nitrogens with one attached hydrogen (secondary N) is 1. The lowest BCUT2D eigenvalue weighted by atomic mass is 10.0. The lowest BCUT2D eigenvalue weighted by molar-refractivity contribution is -0.119. The zero-order valence-electron chi connectivity index (χ0n) is 16.2. The minimum atomic E-state index is -0.700. The molecule has 5 nitrogen and oxygen atoms in total. The third-order valence-electron chi connectivity index (χ3n) is 4.45. The number of hydrogen-bond donors (Lipinski definition) is 1. The number of carbonyl (C=O) groups excluding carboxylic acids is 2. The maximum atomic E-state index is 12.9. The number of amides is 1. The smallest absolute Gasteiger partial charge is 0.338 e. The Morgan fingerprint density at radius 2 is 1.52 bits per heavy atom. The van der Waals surface area contributed by atoms with Crippen LogP contribution < -0.4 is 5.32 Å². The van der Waals surface area contributed by atoms with Crippen LogP contribution in [0.25, 0.3) is 22.4 Å². The van der Waals surface area contributed by atoms with Crippen molar-refractivity contribution < 1.29 is 18.7 Å². The summed E-state index contributed by atoms with van der Waals surface area (Å²) in [6.45, 7) is -0.461. The number of nitrogens with zero attached hydrogens (tertiary/aromatic N) is 1. The van der Waals surface area contributed by atoms with Gasteiger partial charge in [0.25, 0.3) is 5.91 Å². The molecule has 0 bridgehead atoms. The Morgan fingerprint density at radius 1 is 0.871 bits per heavy atom. The van der Waals surface area contributed by atoms with Crippen LogP contribution in [-0.4, -0.2) is 23.5 Å². The standard InChI is InChI=1S/C24H17FN2O3S/c25-20-12-10-19(11-13-20)23(29)30-14-22(28)27-24-26-21(15-31-24)18-8-6-17(7-9-18)16-4-2-1-3-5-16/h1-13,15H,14H2,(H,26,27,28). The minimum Gasteiger partial charge on any atom is -0.452 e. The maximum Gasteiger partial charge on any atom is 0.338 e. The molecule has 4 rings (SSSR count). The van der Waals surface area contributed by atoms with Gasteiger partial charge in [-0.05, 0) is 35.4 Å². The van der Waals surface area contributed by atoms with Crippen LogP contribution in [-0.2, 0) is 9.53 Å². The number of anilines is 1. The monoisotopic (exact) mass is 432 g/mol. The number of esters is 1. The van der Waals surface area contributed by atoms with E-state index in [9.17, 15) is 14.0 Å². The van der Waals surface area contributed by atoms with Gasteiger partial charge >= 0.3 is 5.97 Å². The fourth-order valence-electron chi connectivity index (χ4n) is 2.88. The second kappa shape index (κ2) is 9.32. The van der Waals surface area contributed by atoms with E-state index >= 15 is 0 Å². The highest BCUT2D eigenvalue weighted by Gasteiger charge is 2.12. The van der Waals surface area contributed by atoms with Crippen LogP contribution in [0, 0.1) is 5.82 Å². The fourth-order valence-corrected chi connectivity index (χ4v) is 3.62. The van der Waals surface area contributed by atoms with Crippen molar-refractivity contribution in [2.75, 3.05) is 11.9 Å². The second-order valence-electron chi connectivity index (χ2n) is 6.61. The maximum absolute atomic E-state index is 12.9. The number of rotatable bonds is 6. The first kappa shape index (κ1) is 20.4. The summed E-state index contributed by atoms with van der Waals surface area (Å²) in [5.74, 6) is -1.66. The average molecular weight is 432 g/mol. The zero-order valence-corrected chi connectivity index (χ0v) is 17.1. The summed E-state index contributed by atoms with van der Waals surface area (Å²) in [4.78, 5) is 28.4. The Bertz CT molecular complexity index is 1190. The highest BCUT2D eigenvalue weighted by atomic mass is 32.1. The third kappa shape index (κ3) is 5.21. The molecule has 7 heteroatoms. The number of aromatic nitrogens is 1. The van der Waals surface area contributed by atoms with Gasteiger partial charge in [0, 0.05) is 10.9 Å². The molecule has 154 valence electrons. The summed E-state index contributed by atoms with van der Waals surface area (Å²) in [6.07, 6.45) is 0. The van der Waals surface area contributed by atoms with E-state index < -0.39 is 24.3 Å². The number of carbonyl (C=O) groups is 2. The lowest BCUT2D eigenvalue weighted by Crippen LogP contribution is -2.20. The molecule has 1 amide bonds. The van der Waals surface area contributed by atoms with E-state index in [2.05, 4.69) is 10.3 Å². The van der Waals surface area contributed by atoms with Crippen molar-refractivity contribution in [2.24, 2.45) is 0 Å². The first-order valence-electron chi connectivity index (χ1n) is 9.42. The number of benzene rings is 3. The molecule has 31 heavy (non-hydrogen) atoms. The Kier molecular flexibility index (Phi) is 6.14. The minimum absolute atomic E-state index is 0.171. The molecule has 0 atom stereocenters. The van der Waals surface area contributed by atoms with E-state index in [-0.39, 0.29) is 5.56 Å². The first-order chi connectivity index (χ1) is 15.1. The number of halogens is 1. The third-order valence-corrected chi connectivity index (χ3v) is 5.21. The molecule has 0 aliphatic rings. The Hall–Kier alpha value is -3.84. The molecule has 0 fully saturated rings. The molecule has 0 aliphatic carbocycles. The molecule has 0 saturated carbocycles. The molecular formula is C24H17FN2O3S. The SMILES string of the molecule is O=C(COC(=O)c1ccc(F)cc1)Nc1nc(-c2ccc(-c3ccccc3)cc2)cs1. The van der Waals surface area contributed by atoms with Crippen LogP contribution in [0.3, 0.4) is 0 Å². The normalized spacial score (nSPS) is 10.5. The number of ether oxygens (including phenoxy) is 1. The molecule has 1 heterocycles. The van der Waals surface area contributed by atoms with Crippen molar-refractivity contribution in [3.05, 3.63) is 95.6 Å². The Balaban J connectivity index is 1.34. The van der Waals surface area contributed by atoms with Gasteiger partial charge in [0.05, 0.1) is 11.3 Å². The van der Waals surface area contributed by atoms with Crippen molar-refractivity contribution >= 4 is 28.3 Å². The van der Waals surface area contributed by atoms with Crippen LogP contribution >= 0.6 is 11.3 Å². The van der Waals surface area contributed by atoms with Gasteiger partial charge in [0.1, 0.15) is 5.82 Å². The molecule has 1 N–H and O–H groups in total. The molecule has 0 saturated heterocycles. The van der Waals surface area contributed by atoms with Crippen LogP contribution in [0.4, 0.5) is 9.52 Å². The topological polar surface area (TPSA) is 68.3 Å². The summed E-state index contributed by atoms with van der Waals surface area (Å²) >= 11 is 1.28. The number of thiazole rings is 1. The average Bonchev–Trinajstić information content (AvgIpc) is 3.27. The van der Waals surface area contributed by atoms with Crippen LogP contribution in [0.5, 0.6) is 0 Å². The van der Waals surface area contributed by atoms with Crippen molar-refractivity contribution in [1.82, 2.24) is 4.98 Å². The van der Waals surface area contributed by atoms with Gasteiger partial charge in [-0.2, -0.15) is 0 Å². The van der Waals surface area contributed by atoms with E-state index in [0.29, 0.717) is 5.13 Å². The predicted octanol–water partition coefficient (Wildman–Crippen LogP) is 5.41. The highest BCUT2D eigenvalue weighted by molar-refractivity contribution is 7.14. The van der Waals surface area contributed by atoms with Crippen LogP contribution in [0.15, 0.2) is 84.2 Å². The summed E-state index contributed by atoms with van der Waals surface area (Å²) < 4.78 is 17.9. The Labute approximate surface area is 182 Å². The molecule has 4 aromatic rings. The van der Waals surface area contributed by atoms with E-state index in [1.165, 1.54) is 23.5 Å². The molecular weight excluding hydrogens is 415 g/mol. The summed E-state index contributed by atoms with van der Waals surface area (Å²) in [7, 11) is 0. The van der Waals surface area contributed by atoms with Gasteiger partial charge in [-0.25, -0.2) is 14.2 Å². The van der Waals surface area contributed by atoms with E-state index in [0.717, 1.165) is 34.5 Å². The molecule has 0 spiro atoms. The quantitative estimate of drug-likeness (QED) is 0.414. The highest BCUT2D eigenvalue weighted by Crippen LogP contribution is 2.27. The van der Waals surface area contributed by atoms with Gasteiger partial charge in [0.15, 0.2) is 11.7 Å². The molecule has 0 unspecified atom stereocenters. The van der Waals surface area contributed by atoms with Gasteiger partial charge in [-0.15, -0.1) is 11.3 Å². The summed E-state index contributed by atoms with van der Waals surface area (Å²) in [5.41, 5.74) is 4.08. The fraction of sp³-hybridized carbons (Fsp3) is 0.0417. The van der Waals surface area contributed by atoms with Crippen molar-refractivity contribution in [3.63, 3.8) is 0 Å². The zero-order chi connectivity index (χ0) is 21.6. The largest absolute Gasteiger partial charge is 0.452 e. The molecule has 0 aliphatic heterocycles.